The molecule has 0 bridgehead atoms. The number of hydrogen-bond donors (Lipinski definition) is 2. The van der Waals surface area contributed by atoms with Crippen LogP contribution in [0.2, 0.25) is 0 Å². The number of anilines is 1. The molecule has 1 amide bonds. The Morgan fingerprint density at radius 3 is 2.72 bits per heavy atom. The first-order chi connectivity index (χ1) is 14.0. The van der Waals surface area contributed by atoms with Crippen LogP contribution in [0.25, 0.3) is 10.8 Å². The van der Waals surface area contributed by atoms with Gasteiger partial charge in [-0.1, -0.05) is 69.7 Å². The first-order valence-corrected chi connectivity index (χ1v) is 11.5. The van der Waals surface area contributed by atoms with Crippen molar-refractivity contribution >= 4 is 33.0 Å². The fourth-order valence-corrected chi connectivity index (χ4v) is 6.26. The second kappa shape index (κ2) is 6.88. The summed E-state index contributed by atoms with van der Waals surface area (Å²) in [7, 11) is 0. The van der Waals surface area contributed by atoms with E-state index >= 15 is 0 Å². The molecule has 5 rings (SSSR count). The number of nitrogens with one attached hydrogen (secondary N) is 2. The summed E-state index contributed by atoms with van der Waals surface area (Å²) >= 11 is 1.80. The van der Waals surface area contributed by atoms with E-state index in [2.05, 4.69) is 73.9 Å². The van der Waals surface area contributed by atoms with Gasteiger partial charge in [-0.25, -0.2) is 0 Å². The van der Waals surface area contributed by atoms with E-state index in [0.717, 1.165) is 29.0 Å². The summed E-state index contributed by atoms with van der Waals surface area (Å²) in [4.78, 5) is 14.5. The Balaban J connectivity index is 1.50. The molecule has 4 heteroatoms. The fourth-order valence-electron chi connectivity index (χ4n) is 4.91. The molecule has 2 aromatic carbocycles. The van der Waals surface area contributed by atoms with Crippen LogP contribution in [0.1, 0.15) is 66.1 Å². The van der Waals surface area contributed by atoms with E-state index in [1.807, 2.05) is 0 Å². The summed E-state index contributed by atoms with van der Waals surface area (Å²) in [5.74, 6) is 0.763. The van der Waals surface area contributed by atoms with Gasteiger partial charge in [-0.05, 0) is 46.9 Å². The average Bonchev–Trinajstić information content (AvgIpc) is 3.11. The maximum absolute atomic E-state index is 13.1. The predicted octanol–water partition coefficient (Wildman–Crippen LogP) is 6.30. The highest BCUT2D eigenvalue weighted by molar-refractivity contribution is 7.16. The Labute approximate surface area is 176 Å². The van der Waals surface area contributed by atoms with Crippen molar-refractivity contribution in [1.29, 1.82) is 0 Å². The van der Waals surface area contributed by atoms with E-state index in [0.29, 0.717) is 11.3 Å². The number of rotatable bonds is 3. The van der Waals surface area contributed by atoms with Crippen molar-refractivity contribution < 1.29 is 4.79 Å². The fraction of sp³-hybridized carbons (Fsp3) is 0.400. The number of carbonyl (C=O) groups excluding carboxylic acids is 1. The summed E-state index contributed by atoms with van der Waals surface area (Å²) < 4.78 is 0. The van der Waals surface area contributed by atoms with Crippen molar-refractivity contribution in [3.63, 3.8) is 0 Å². The zero-order valence-electron chi connectivity index (χ0n) is 17.3. The number of fused-ring (bicyclic) bond motifs is 4. The summed E-state index contributed by atoms with van der Waals surface area (Å²) in [6.45, 7) is 7.06. The topological polar surface area (TPSA) is 41.1 Å². The van der Waals surface area contributed by atoms with Crippen LogP contribution >= 0.6 is 11.3 Å². The summed E-state index contributed by atoms with van der Waals surface area (Å²) in [5.41, 5.74) is 3.66. The summed E-state index contributed by atoms with van der Waals surface area (Å²) in [5, 5.41) is 10.3. The van der Waals surface area contributed by atoms with Gasteiger partial charge < -0.3 is 10.6 Å². The SMILES string of the molecule is CCC(C)(C)C1CCc2c(sc3c2C(=O)NC(c2cccc4ccccc24)N3)C1. The molecule has 150 valence electrons. The number of amides is 1. The minimum absolute atomic E-state index is 0.0717. The molecule has 3 aromatic rings. The zero-order chi connectivity index (χ0) is 20.2. The van der Waals surface area contributed by atoms with E-state index in [9.17, 15) is 4.79 Å². The first-order valence-electron chi connectivity index (χ1n) is 10.7. The van der Waals surface area contributed by atoms with Crippen molar-refractivity contribution in [1.82, 2.24) is 5.32 Å². The third-order valence-corrected chi connectivity index (χ3v) is 8.38. The van der Waals surface area contributed by atoms with Gasteiger partial charge in [0, 0.05) is 10.4 Å². The lowest BCUT2D eigenvalue weighted by atomic mass is 9.69. The number of carbonyl (C=O) groups is 1. The highest BCUT2D eigenvalue weighted by atomic mass is 32.1. The Morgan fingerprint density at radius 2 is 1.90 bits per heavy atom. The van der Waals surface area contributed by atoms with Gasteiger partial charge in [0.05, 0.1) is 5.56 Å². The molecule has 2 aliphatic rings. The Bertz CT molecular complexity index is 1090. The van der Waals surface area contributed by atoms with Crippen LogP contribution in [-0.4, -0.2) is 5.91 Å². The summed E-state index contributed by atoms with van der Waals surface area (Å²) in [6, 6.07) is 14.7. The van der Waals surface area contributed by atoms with Crippen LogP contribution in [0.3, 0.4) is 0 Å². The van der Waals surface area contributed by atoms with E-state index in [4.69, 9.17) is 0 Å². The minimum Gasteiger partial charge on any atom is -0.353 e. The molecular formula is C25H28N2OS. The Hall–Kier alpha value is -2.33. The molecule has 2 atom stereocenters. The lowest BCUT2D eigenvalue weighted by molar-refractivity contribution is 0.0935. The smallest absolute Gasteiger partial charge is 0.256 e. The largest absolute Gasteiger partial charge is 0.353 e. The molecule has 0 radical (unpaired) electrons. The highest BCUT2D eigenvalue weighted by Crippen LogP contribution is 2.47. The van der Waals surface area contributed by atoms with Gasteiger partial charge in [-0.15, -0.1) is 11.3 Å². The van der Waals surface area contributed by atoms with Gasteiger partial charge in [-0.3, -0.25) is 4.79 Å². The van der Waals surface area contributed by atoms with Gasteiger partial charge in [0.15, 0.2) is 0 Å². The number of benzene rings is 2. The van der Waals surface area contributed by atoms with Gasteiger partial charge in [0.1, 0.15) is 11.2 Å². The van der Waals surface area contributed by atoms with Crippen LogP contribution in [0.15, 0.2) is 42.5 Å². The molecule has 2 N–H and O–H groups in total. The van der Waals surface area contributed by atoms with Crippen molar-refractivity contribution in [2.24, 2.45) is 11.3 Å². The zero-order valence-corrected chi connectivity index (χ0v) is 18.2. The van der Waals surface area contributed by atoms with E-state index in [1.165, 1.54) is 34.1 Å². The van der Waals surface area contributed by atoms with Crippen LogP contribution in [-0.2, 0) is 12.8 Å². The summed E-state index contributed by atoms with van der Waals surface area (Å²) in [6.07, 6.45) is 4.30. The van der Waals surface area contributed by atoms with Gasteiger partial charge in [0.2, 0.25) is 0 Å². The minimum atomic E-state index is -0.191. The molecule has 1 aromatic heterocycles. The second-order valence-corrected chi connectivity index (χ2v) is 10.2. The molecule has 0 fully saturated rings. The molecular weight excluding hydrogens is 376 g/mol. The molecule has 0 spiro atoms. The second-order valence-electron chi connectivity index (χ2n) is 9.11. The molecule has 1 aliphatic heterocycles. The van der Waals surface area contributed by atoms with Crippen LogP contribution in [0, 0.1) is 11.3 Å². The van der Waals surface area contributed by atoms with Crippen molar-refractivity contribution in [2.75, 3.05) is 5.32 Å². The molecule has 3 nitrogen and oxygen atoms in total. The first kappa shape index (κ1) is 18.7. The predicted molar refractivity (Wildman–Crippen MR) is 122 cm³/mol. The lowest BCUT2D eigenvalue weighted by Crippen LogP contribution is -2.38. The van der Waals surface area contributed by atoms with Crippen LogP contribution in [0.4, 0.5) is 5.00 Å². The van der Waals surface area contributed by atoms with E-state index < -0.39 is 0 Å². The molecule has 29 heavy (non-hydrogen) atoms. The molecule has 1 aliphatic carbocycles. The molecule has 2 heterocycles. The average molecular weight is 405 g/mol. The third-order valence-electron chi connectivity index (χ3n) is 7.19. The van der Waals surface area contributed by atoms with Crippen molar-refractivity contribution in [3.8, 4) is 0 Å². The van der Waals surface area contributed by atoms with Crippen molar-refractivity contribution in [2.45, 2.75) is 52.6 Å². The Kier molecular flexibility index (Phi) is 4.43. The van der Waals surface area contributed by atoms with Crippen molar-refractivity contribution in [3.05, 3.63) is 64.0 Å². The van der Waals surface area contributed by atoms with E-state index in [-0.39, 0.29) is 12.1 Å². The third kappa shape index (κ3) is 3.05. The standard InChI is InChI=1S/C25H28N2OS/c1-4-25(2,3)16-12-13-19-20(14-16)29-24-21(19)23(28)26-22(27-24)18-11-7-9-15-8-5-6-10-17(15)18/h5-11,16,22,27H,4,12-14H2,1-3H3,(H,26,28). The van der Waals surface area contributed by atoms with Crippen LogP contribution in [0.5, 0.6) is 0 Å². The Morgan fingerprint density at radius 1 is 1.10 bits per heavy atom. The maximum Gasteiger partial charge on any atom is 0.256 e. The van der Waals surface area contributed by atoms with Gasteiger partial charge >= 0.3 is 0 Å². The van der Waals surface area contributed by atoms with Gasteiger partial charge in [-0.2, -0.15) is 0 Å². The lowest BCUT2D eigenvalue weighted by Gasteiger charge is -2.36. The normalized spacial score (nSPS) is 21.3. The molecule has 0 saturated carbocycles. The van der Waals surface area contributed by atoms with Gasteiger partial charge in [0.25, 0.3) is 5.91 Å². The quantitative estimate of drug-likeness (QED) is 0.538. The molecule has 2 unspecified atom stereocenters. The monoisotopic (exact) mass is 404 g/mol. The maximum atomic E-state index is 13.1. The molecule has 0 saturated heterocycles. The van der Waals surface area contributed by atoms with E-state index in [1.54, 1.807) is 11.3 Å². The highest BCUT2D eigenvalue weighted by Gasteiger charge is 2.37. The number of thiophene rings is 1. The van der Waals surface area contributed by atoms with Crippen LogP contribution < -0.4 is 10.6 Å². The number of hydrogen-bond acceptors (Lipinski definition) is 3.